The van der Waals surface area contributed by atoms with E-state index >= 15 is 0 Å². The molecule has 0 saturated carbocycles. The normalized spacial score (nSPS) is 11.8. The van der Waals surface area contributed by atoms with Crippen LogP contribution in [0.4, 0.5) is 11.4 Å². The second kappa shape index (κ2) is 13.3. The summed E-state index contributed by atoms with van der Waals surface area (Å²) in [6, 6.07) is 23.3. The Bertz CT molecular complexity index is 1600. The van der Waals surface area contributed by atoms with Crippen LogP contribution in [-0.4, -0.2) is 34.0 Å². The standard InChI is InChI=1S/C31H27N3O6S/c1-19-13-14-22(31(38)39)16-26(19)33-28(35)20(2)41-25-12-6-10-23(17-25)32-30(37)27(18-24-11-7-15-40-24)34-29(36)21-8-4-3-5-9-21/h3-18,20H,1-2H3,(H,32,37)(H,33,35)(H,34,36)(H,38,39)/b27-18-. The van der Waals surface area contributed by atoms with Gasteiger partial charge in [0.25, 0.3) is 11.8 Å². The molecule has 1 atom stereocenters. The topological polar surface area (TPSA) is 138 Å². The molecule has 0 aliphatic carbocycles. The van der Waals surface area contributed by atoms with Crippen LogP contribution in [0.1, 0.15) is 39.0 Å². The van der Waals surface area contributed by atoms with E-state index in [9.17, 15) is 24.3 Å². The number of anilines is 2. The van der Waals surface area contributed by atoms with E-state index in [-0.39, 0.29) is 17.2 Å². The Labute approximate surface area is 240 Å². The molecule has 4 aromatic rings. The van der Waals surface area contributed by atoms with Crippen molar-refractivity contribution in [2.75, 3.05) is 10.6 Å². The summed E-state index contributed by atoms with van der Waals surface area (Å²) in [7, 11) is 0. The molecule has 0 fully saturated rings. The van der Waals surface area contributed by atoms with Gasteiger partial charge in [0.2, 0.25) is 5.91 Å². The van der Waals surface area contributed by atoms with Gasteiger partial charge in [-0.15, -0.1) is 11.8 Å². The van der Waals surface area contributed by atoms with E-state index in [2.05, 4.69) is 16.0 Å². The van der Waals surface area contributed by atoms with E-state index in [4.69, 9.17) is 4.42 Å². The number of benzene rings is 3. The molecule has 3 amide bonds. The van der Waals surface area contributed by atoms with Crippen molar-refractivity contribution in [1.82, 2.24) is 5.32 Å². The molecule has 0 radical (unpaired) electrons. The summed E-state index contributed by atoms with van der Waals surface area (Å²) in [6.45, 7) is 3.51. The maximum atomic E-state index is 13.2. The predicted octanol–water partition coefficient (Wildman–Crippen LogP) is 5.82. The van der Waals surface area contributed by atoms with Gasteiger partial charge in [-0.1, -0.05) is 30.3 Å². The number of carboxylic acids is 1. The van der Waals surface area contributed by atoms with Crippen LogP contribution in [0.5, 0.6) is 0 Å². The van der Waals surface area contributed by atoms with Crippen molar-refractivity contribution in [3.8, 4) is 0 Å². The first-order valence-electron chi connectivity index (χ1n) is 12.5. The highest BCUT2D eigenvalue weighted by Gasteiger charge is 2.18. The van der Waals surface area contributed by atoms with E-state index in [1.54, 1.807) is 86.6 Å². The van der Waals surface area contributed by atoms with Crippen molar-refractivity contribution in [1.29, 1.82) is 0 Å². The first-order chi connectivity index (χ1) is 19.7. The minimum absolute atomic E-state index is 0.0152. The zero-order valence-corrected chi connectivity index (χ0v) is 23.0. The number of aromatic carboxylic acids is 1. The molecule has 9 nitrogen and oxygen atoms in total. The van der Waals surface area contributed by atoms with Crippen LogP contribution in [0.3, 0.4) is 0 Å². The van der Waals surface area contributed by atoms with Crippen molar-refractivity contribution in [3.05, 3.63) is 119 Å². The summed E-state index contributed by atoms with van der Waals surface area (Å²) in [5, 5.41) is 16.9. The van der Waals surface area contributed by atoms with Gasteiger partial charge in [0.15, 0.2) is 0 Å². The number of furan rings is 1. The lowest BCUT2D eigenvalue weighted by molar-refractivity contribution is -0.115. The highest BCUT2D eigenvalue weighted by atomic mass is 32.2. The summed E-state index contributed by atoms with van der Waals surface area (Å²) < 4.78 is 5.33. The van der Waals surface area contributed by atoms with Gasteiger partial charge in [0.1, 0.15) is 11.5 Å². The summed E-state index contributed by atoms with van der Waals surface area (Å²) >= 11 is 1.27. The third-order valence-corrected chi connectivity index (χ3v) is 6.97. The molecule has 0 saturated heterocycles. The zero-order chi connectivity index (χ0) is 29.4. The van der Waals surface area contributed by atoms with Crippen LogP contribution in [0, 0.1) is 6.92 Å². The molecule has 10 heteroatoms. The number of amides is 3. The van der Waals surface area contributed by atoms with Crippen LogP contribution in [-0.2, 0) is 9.59 Å². The summed E-state index contributed by atoms with van der Waals surface area (Å²) in [6.07, 6.45) is 2.89. The second-order valence-corrected chi connectivity index (χ2v) is 10.4. The van der Waals surface area contributed by atoms with Crippen molar-refractivity contribution >= 4 is 52.9 Å². The number of carboxylic acid groups (broad SMARTS) is 1. The summed E-state index contributed by atoms with van der Waals surface area (Å²) in [5.41, 5.74) is 2.08. The lowest BCUT2D eigenvalue weighted by Gasteiger charge is -2.15. The number of nitrogens with one attached hydrogen (secondary N) is 3. The van der Waals surface area contributed by atoms with Crippen LogP contribution >= 0.6 is 11.8 Å². The molecule has 4 rings (SSSR count). The fourth-order valence-corrected chi connectivity index (χ4v) is 4.61. The quantitative estimate of drug-likeness (QED) is 0.140. The van der Waals surface area contributed by atoms with Gasteiger partial charge < -0.3 is 25.5 Å². The number of hydrogen-bond donors (Lipinski definition) is 4. The summed E-state index contributed by atoms with van der Waals surface area (Å²) in [5.74, 6) is -2.01. The third-order valence-electron chi connectivity index (χ3n) is 5.87. The van der Waals surface area contributed by atoms with Gasteiger partial charge in [-0.3, -0.25) is 14.4 Å². The third kappa shape index (κ3) is 7.96. The Morgan fingerprint density at radius 1 is 0.878 bits per heavy atom. The number of carbonyl (C=O) groups is 4. The Hall–Kier alpha value is -5.09. The molecule has 41 heavy (non-hydrogen) atoms. The van der Waals surface area contributed by atoms with E-state index in [0.717, 1.165) is 5.56 Å². The highest BCUT2D eigenvalue weighted by Crippen LogP contribution is 2.27. The molecule has 1 unspecified atom stereocenters. The lowest BCUT2D eigenvalue weighted by Crippen LogP contribution is -2.30. The van der Waals surface area contributed by atoms with Crippen LogP contribution in [0.25, 0.3) is 6.08 Å². The maximum absolute atomic E-state index is 13.2. The molecular weight excluding hydrogens is 542 g/mol. The number of hydrogen-bond acceptors (Lipinski definition) is 6. The van der Waals surface area contributed by atoms with Gasteiger partial charge in [-0.25, -0.2) is 4.79 Å². The fourth-order valence-electron chi connectivity index (χ4n) is 3.69. The largest absolute Gasteiger partial charge is 0.478 e. The average molecular weight is 570 g/mol. The maximum Gasteiger partial charge on any atom is 0.335 e. The molecule has 0 aliphatic rings. The molecule has 0 aliphatic heterocycles. The smallest absolute Gasteiger partial charge is 0.335 e. The van der Waals surface area contributed by atoms with E-state index < -0.39 is 23.0 Å². The summed E-state index contributed by atoms with van der Waals surface area (Å²) in [4.78, 5) is 50.8. The number of aryl methyl sites for hydroxylation is 1. The predicted molar refractivity (Wildman–Crippen MR) is 158 cm³/mol. The minimum atomic E-state index is -1.08. The van der Waals surface area contributed by atoms with Crippen LogP contribution in [0.2, 0.25) is 0 Å². The van der Waals surface area contributed by atoms with Gasteiger partial charge in [0, 0.05) is 27.9 Å². The molecular formula is C31H27N3O6S. The fraction of sp³-hybridized carbons (Fsp3) is 0.0968. The molecule has 1 aromatic heterocycles. The van der Waals surface area contributed by atoms with Crippen molar-refractivity contribution < 1.29 is 28.7 Å². The zero-order valence-electron chi connectivity index (χ0n) is 22.2. The minimum Gasteiger partial charge on any atom is -0.478 e. The number of thioether (sulfide) groups is 1. The van der Waals surface area contributed by atoms with Gasteiger partial charge in [0.05, 0.1) is 17.1 Å². The first-order valence-corrected chi connectivity index (χ1v) is 13.4. The Morgan fingerprint density at radius 3 is 2.37 bits per heavy atom. The molecule has 0 spiro atoms. The molecule has 0 bridgehead atoms. The Kier molecular flexibility index (Phi) is 9.39. The Morgan fingerprint density at radius 2 is 1.66 bits per heavy atom. The van der Waals surface area contributed by atoms with Gasteiger partial charge in [-0.2, -0.15) is 0 Å². The average Bonchev–Trinajstić information content (AvgIpc) is 3.47. The number of rotatable bonds is 10. The van der Waals surface area contributed by atoms with Gasteiger partial charge >= 0.3 is 5.97 Å². The van der Waals surface area contributed by atoms with Crippen molar-refractivity contribution in [2.24, 2.45) is 0 Å². The SMILES string of the molecule is Cc1ccc(C(=O)O)cc1NC(=O)C(C)Sc1cccc(NC(=O)/C(=C/c2ccco2)NC(=O)c2ccccc2)c1. The molecule has 4 N–H and O–H groups in total. The Balaban J connectivity index is 1.45. The highest BCUT2D eigenvalue weighted by molar-refractivity contribution is 8.00. The van der Waals surface area contributed by atoms with E-state index in [1.165, 1.54) is 36.2 Å². The van der Waals surface area contributed by atoms with Gasteiger partial charge in [-0.05, 0) is 74.0 Å². The molecule has 1 heterocycles. The first kappa shape index (κ1) is 28.9. The van der Waals surface area contributed by atoms with Crippen molar-refractivity contribution in [2.45, 2.75) is 24.0 Å². The van der Waals surface area contributed by atoms with Crippen molar-refractivity contribution in [3.63, 3.8) is 0 Å². The second-order valence-electron chi connectivity index (χ2n) is 8.96. The molecule has 208 valence electrons. The van der Waals surface area contributed by atoms with Crippen LogP contribution in [0.15, 0.2) is 106 Å². The number of carbonyl (C=O) groups excluding carboxylic acids is 3. The molecule has 3 aromatic carbocycles. The van der Waals surface area contributed by atoms with E-state index in [1.807, 2.05) is 0 Å². The monoisotopic (exact) mass is 569 g/mol. The van der Waals surface area contributed by atoms with E-state index in [0.29, 0.717) is 27.6 Å². The van der Waals surface area contributed by atoms with Crippen LogP contribution < -0.4 is 16.0 Å². The lowest BCUT2D eigenvalue weighted by atomic mass is 10.1.